The van der Waals surface area contributed by atoms with Gasteiger partial charge < -0.3 is 9.64 Å². The number of rotatable bonds is 10. The molecule has 0 bridgehead atoms. The zero-order valence-corrected chi connectivity index (χ0v) is 17.7. The summed E-state index contributed by atoms with van der Waals surface area (Å²) in [6.07, 6.45) is 12.8. The highest BCUT2D eigenvalue weighted by Crippen LogP contribution is 2.27. The highest BCUT2D eigenvalue weighted by molar-refractivity contribution is 7.99. The van der Waals surface area contributed by atoms with Crippen molar-refractivity contribution in [3.8, 4) is 0 Å². The first kappa shape index (κ1) is 19.8. The van der Waals surface area contributed by atoms with Gasteiger partial charge >= 0.3 is 0 Å². The SMILES string of the molecule is Cc1cnn(CCCCCSc2nnc(N3CCCC3)n2CC2CCCO2)c1. The van der Waals surface area contributed by atoms with Gasteiger partial charge in [-0.15, -0.1) is 10.2 Å². The van der Waals surface area contributed by atoms with Crippen LogP contribution in [0.5, 0.6) is 0 Å². The van der Waals surface area contributed by atoms with E-state index in [-0.39, 0.29) is 0 Å². The second-order valence-electron chi connectivity index (χ2n) is 7.91. The molecule has 0 spiro atoms. The standard InChI is InChI=1S/C20H32N6OS/c1-17-14-21-25(15-17)11-3-2-6-13-28-20-23-22-19(24-9-4-5-10-24)26(20)16-18-8-7-12-27-18/h14-15,18H,2-13,16H2,1H3. The van der Waals surface area contributed by atoms with Gasteiger partial charge in [-0.1, -0.05) is 18.2 Å². The number of thioether (sulfide) groups is 1. The van der Waals surface area contributed by atoms with Gasteiger partial charge in [0.1, 0.15) is 0 Å². The number of aromatic nitrogens is 5. The van der Waals surface area contributed by atoms with E-state index >= 15 is 0 Å². The lowest BCUT2D eigenvalue weighted by atomic mass is 10.2. The van der Waals surface area contributed by atoms with Crippen molar-refractivity contribution in [2.45, 2.75) is 76.2 Å². The number of aryl methyl sites for hydroxylation is 2. The number of unbranched alkanes of at least 4 members (excludes halogenated alkanes) is 2. The first-order valence-electron chi connectivity index (χ1n) is 10.7. The third-order valence-electron chi connectivity index (χ3n) is 5.52. The number of nitrogens with zero attached hydrogens (tertiary/aromatic N) is 6. The molecule has 0 N–H and O–H groups in total. The van der Waals surface area contributed by atoms with Gasteiger partial charge in [-0.25, -0.2) is 0 Å². The Bertz CT molecular complexity index is 733. The lowest BCUT2D eigenvalue weighted by Crippen LogP contribution is -2.25. The summed E-state index contributed by atoms with van der Waals surface area (Å²) in [7, 11) is 0. The smallest absolute Gasteiger partial charge is 0.228 e. The molecule has 2 saturated heterocycles. The molecule has 2 aromatic heterocycles. The number of hydrogen-bond donors (Lipinski definition) is 0. The number of anilines is 1. The maximum Gasteiger partial charge on any atom is 0.228 e. The second-order valence-corrected chi connectivity index (χ2v) is 8.97. The second kappa shape index (κ2) is 9.78. The van der Waals surface area contributed by atoms with Gasteiger partial charge in [0.15, 0.2) is 5.16 Å². The topological polar surface area (TPSA) is 61.0 Å². The molecule has 1 unspecified atom stereocenters. The predicted octanol–water partition coefficient (Wildman–Crippen LogP) is 3.52. The van der Waals surface area contributed by atoms with Crippen molar-refractivity contribution in [3.63, 3.8) is 0 Å². The summed E-state index contributed by atoms with van der Waals surface area (Å²) >= 11 is 1.85. The molecule has 0 aromatic carbocycles. The summed E-state index contributed by atoms with van der Waals surface area (Å²) in [5.41, 5.74) is 1.23. The van der Waals surface area contributed by atoms with Crippen LogP contribution in [0.25, 0.3) is 0 Å². The monoisotopic (exact) mass is 404 g/mol. The van der Waals surface area contributed by atoms with E-state index in [1.807, 2.05) is 22.6 Å². The molecule has 0 aliphatic carbocycles. The van der Waals surface area contributed by atoms with Gasteiger partial charge in [0, 0.05) is 38.2 Å². The van der Waals surface area contributed by atoms with E-state index in [1.54, 1.807) is 0 Å². The largest absolute Gasteiger partial charge is 0.376 e. The fourth-order valence-electron chi connectivity index (χ4n) is 4.00. The maximum absolute atomic E-state index is 5.89. The Morgan fingerprint density at radius 3 is 2.79 bits per heavy atom. The lowest BCUT2D eigenvalue weighted by Gasteiger charge is -2.20. The molecule has 0 radical (unpaired) electrons. The summed E-state index contributed by atoms with van der Waals surface area (Å²) in [6.45, 7) is 7.07. The van der Waals surface area contributed by atoms with Gasteiger partial charge in [-0.3, -0.25) is 9.25 Å². The molecule has 154 valence electrons. The van der Waals surface area contributed by atoms with E-state index in [4.69, 9.17) is 4.74 Å². The van der Waals surface area contributed by atoms with Crippen LogP contribution >= 0.6 is 11.8 Å². The Balaban J connectivity index is 1.27. The van der Waals surface area contributed by atoms with Gasteiger partial charge in [0.2, 0.25) is 5.95 Å². The average molecular weight is 405 g/mol. The maximum atomic E-state index is 5.89. The molecule has 2 aliphatic rings. The Morgan fingerprint density at radius 2 is 2.04 bits per heavy atom. The molecular weight excluding hydrogens is 372 g/mol. The highest BCUT2D eigenvalue weighted by atomic mass is 32.2. The minimum atomic E-state index is 0.314. The molecule has 2 aromatic rings. The van der Waals surface area contributed by atoms with Crippen molar-refractivity contribution < 1.29 is 4.74 Å². The first-order valence-corrected chi connectivity index (χ1v) is 11.7. The summed E-state index contributed by atoms with van der Waals surface area (Å²) in [6, 6.07) is 0. The fourth-order valence-corrected chi connectivity index (χ4v) is 4.94. The Hall–Kier alpha value is -1.54. The molecule has 2 aliphatic heterocycles. The van der Waals surface area contributed by atoms with E-state index in [0.29, 0.717) is 6.10 Å². The van der Waals surface area contributed by atoms with Gasteiger partial charge in [0.25, 0.3) is 0 Å². The van der Waals surface area contributed by atoms with Crippen LogP contribution in [-0.2, 0) is 17.8 Å². The Kier molecular flexibility index (Phi) is 6.90. The molecule has 4 rings (SSSR count). The van der Waals surface area contributed by atoms with Crippen molar-refractivity contribution in [1.29, 1.82) is 0 Å². The minimum absolute atomic E-state index is 0.314. The van der Waals surface area contributed by atoms with E-state index in [1.165, 1.54) is 44.1 Å². The molecule has 0 amide bonds. The third-order valence-corrected chi connectivity index (χ3v) is 6.57. The first-order chi connectivity index (χ1) is 13.8. The lowest BCUT2D eigenvalue weighted by molar-refractivity contribution is 0.0952. The molecule has 28 heavy (non-hydrogen) atoms. The van der Waals surface area contributed by atoms with E-state index in [2.05, 4.69) is 37.9 Å². The van der Waals surface area contributed by atoms with Crippen molar-refractivity contribution in [2.75, 3.05) is 30.3 Å². The molecule has 1 atom stereocenters. The van der Waals surface area contributed by atoms with E-state index in [0.717, 1.165) is 56.1 Å². The van der Waals surface area contributed by atoms with Crippen molar-refractivity contribution in [3.05, 3.63) is 18.0 Å². The Labute approximate surface area is 171 Å². The normalized spacial score (nSPS) is 19.8. The molecular formula is C20H32N6OS. The van der Waals surface area contributed by atoms with Crippen LogP contribution in [0, 0.1) is 6.92 Å². The Morgan fingerprint density at radius 1 is 1.14 bits per heavy atom. The van der Waals surface area contributed by atoms with Gasteiger partial charge in [0.05, 0.1) is 18.8 Å². The number of ether oxygens (including phenoxy) is 1. The van der Waals surface area contributed by atoms with E-state index in [9.17, 15) is 0 Å². The highest BCUT2D eigenvalue weighted by Gasteiger charge is 2.25. The molecule has 4 heterocycles. The van der Waals surface area contributed by atoms with E-state index < -0.39 is 0 Å². The summed E-state index contributed by atoms with van der Waals surface area (Å²) in [5.74, 6) is 2.13. The van der Waals surface area contributed by atoms with Crippen LogP contribution in [0.2, 0.25) is 0 Å². The van der Waals surface area contributed by atoms with Crippen LogP contribution in [0.1, 0.15) is 50.5 Å². The van der Waals surface area contributed by atoms with Gasteiger partial charge in [-0.2, -0.15) is 5.10 Å². The zero-order valence-electron chi connectivity index (χ0n) is 16.9. The van der Waals surface area contributed by atoms with Crippen LogP contribution in [0.4, 0.5) is 5.95 Å². The molecule has 0 saturated carbocycles. The third kappa shape index (κ3) is 5.08. The van der Waals surface area contributed by atoms with Crippen LogP contribution in [0.3, 0.4) is 0 Å². The minimum Gasteiger partial charge on any atom is -0.376 e. The molecule has 7 nitrogen and oxygen atoms in total. The number of hydrogen-bond acceptors (Lipinski definition) is 6. The van der Waals surface area contributed by atoms with Crippen molar-refractivity contribution in [2.24, 2.45) is 0 Å². The van der Waals surface area contributed by atoms with Crippen LogP contribution in [0.15, 0.2) is 17.6 Å². The zero-order chi connectivity index (χ0) is 19.2. The van der Waals surface area contributed by atoms with Gasteiger partial charge in [-0.05, 0) is 51.0 Å². The van der Waals surface area contributed by atoms with Crippen molar-refractivity contribution in [1.82, 2.24) is 24.5 Å². The molecule has 2 fully saturated rings. The predicted molar refractivity (Wildman–Crippen MR) is 112 cm³/mol. The fraction of sp³-hybridized carbons (Fsp3) is 0.750. The quantitative estimate of drug-likeness (QED) is 0.446. The molecule has 8 heteroatoms. The average Bonchev–Trinajstić information content (AvgIpc) is 3.48. The van der Waals surface area contributed by atoms with Crippen LogP contribution < -0.4 is 4.90 Å². The van der Waals surface area contributed by atoms with Crippen molar-refractivity contribution >= 4 is 17.7 Å². The summed E-state index contributed by atoms with van der Waals surface area (Å²) in [5, 5.41) is 14.5. The summed E-state index contributed by atoms with van der Waals surface area (Å²) in [4.78, 5) is 2.39. The van der Waals surface area contributed by atoms with Crippen LogP contribution in [-0.4, -0.2) is 56.1 Å². The summed E-state index contributed by atoms with van der Waals surface area (Å²) < 4.78 is 10.3.